The molecule has 0 spiro atoms. The van der Waals surface area contributed by atoms with Gasteiger partial charge in [-0.1, -0.05) is 66.8 Å². The van der Waals surface area contributed by atoms with Crippen molar-refractivity contribution in [1.29, 1.82) is 0 Å². The molecule has 0 radical (unpaired) electrons. The first kappa shape index (κ1) is 15.8. The number of hydrogen-bond acceptors (Lipinski definition) is 4. The van der Waals surface area contributed by atoms with Crippen LogP contribution in [0.1, 0.15) is 18.1 Å². The molecule has 122 valence electrons. The summed E-state index contributed by atoms with van der Waals surface area (Å²) in [5.74, 6) is 1.18. The van der Waals surface area contributed by atoms with Crippen molar-refractivity contribution in [2.75, 3.05) is 12.3 Å². The van der Waals surface area contributed by atoms with Gasteiger partial charge in [0.2, 0.25) is 5.91 Å². The molecule has 1 aliphatic heterocycles. The van der Waals surface area contributed by atoms with E-state index in [-0.39, 0.29) is 11.2 Å². The van der Waals surface area contributed by atoms with Crippen LogP contribution in [0.5, 0.6) is 0 Å². The quantitative estimate of drug-likeness (QED) is 0.660. The van der Waals surface area contributed by atoms with E-state index in [0.29, 0.717) is 0 Å². The van der Waals surface area contributed by atoms with Gasteiger partial charge in [0.1, 0.15) is 4.38 Å². The molecular formula is C19H18N2OS2. The van der Waals surface area contributed by atoms with Crippen molar-refractivity contribution in [2.24, 2.45) is 4.99 Å². The highest BCUT2D eigenvalue weighted by molar-refractivity contribution is 8.39. The molecule has 1 aliphatic rings. The minimum atomic E-state index is -0.103. The van der Waals surface area contributed by atoms with E-state index in [2.05, 4.69) is 24.0 Å². The van der Waals surface area contributed by atoms with E-state index in [1.54, 1.807) is 23.5 Å². The topological polar surface area (TPSA) is 34.4 Å². The predicted octanol–water partition coefficient (Wildman–Crippen LogP) is 5.05. The summed E-state index contributed by atoms with van der Waals surface area (Å²) in [7, 11) is 0. The zero-order valence-electron chi connectivity index (χ0n) is 13.4. The second kappa shape index (κ2) is 6.65. The van der Waals surface area contributed by atoms with Crippen molar-refractivity contribution in [3.8, 4) is 0 Å². The second-order valence-electron chi connectivity index (χ2n) is 5.72. The van der Waals surface area contributed by atoms with Crippen LogP contribution in [-0.4, -0.2) is 32.4 Å². The Labute approximate surface area is 149 Å². The van der Waals surface area contributed by atoms with Gasteiger partial charge in [-0.25, -0.2) is 0 Å². The maximum Gasteiger partial charge on any atom is 0.245 e. The molecule has 3 aromatic rings. The van der Waals surface area contributed by atoms with Gasteiger partial charge in [-0.3, -0.25) is 14.4 Å². The molecule has 2 heterocycles. The Kier molecular flexibility index (Phi) is 4.37. The van der Waals surface area contributed by atoms with Crippen LogP contribution < -0.4 is 0 Å². The summed E-state index contributed by atoms with van der Waals surface area (Å²) in [4.78, 5) is 17.8. The van der Waals surface area contributed by atoms with E-state index in [1.165, 1.54) is 0 Å². The number of fused-ring (bicyclic) bond motifs is 3. The largest absolute Gasteiger partial charge is 0.279 e. The number of benzene rings is 2. The number of hydrogen-bond donors (Lipinski definition) is 0. The summed E-state index contributed by atoms with van der Waals surface area (Å²) >= 11 is 3.38. The molecule has 5 heteroatoms. The average Bonchev–Trinajstić information content (AvgIpc) is 3.25. The summed E-state index contributed by atoms with van der Waals surface area (Å²) in [5.41, 5.74) is 1.98. The van der Waals surface area contributed by atoms with E-state index in [9.17, 15) is 4.79 Å². The molecule has 2 aromatic carbocycles. The molecule has 24 heavy (non-hydrogen) atoms. The van der Waals surface area contributed by atoms with Gasteiger partial charge in [0.15, 0.2) is 0 Å². The van der Waals surface area contributed by atoms with Crippen molar-refractivity contribution >= 4 is 55.6 Å². The van der Waals surface area contributed by atoms with Crippen LogP contribution in [0.4, 0.5) is 0 Å². The maximum absolute atomic E-state index is 13.3. The van der Waals surface area contributed by atoms with E-state index in [1.807, 2.05) is 41.0 Å². The van der Waals surface area contributed by atoms with Crippen molar-refractivity contribution in [2.45, 2.75) is 18.6 Å². The van der Waals surface area contributed by atoms with Crippen molar-refractivity contribution in [1.82, 2.24) is 4.57 Å². The Morgan fingerprint density at radius 1 is 1.17 bits per heavy atom. The molecule has 0 N–H and O–H groups in total. The fourth-order valence-corrected chi connectivity index (χ4v) is 5.31. The predicted molar refractivity (Wildman–Crippen MR) is 107 cm³/mol. The average molecular weight is 355 g/mol. The zero-order chi connectivity index (χ0) is 16.5. The van der Waals surface area contributed by atoms with Crippen LogP contribution in [0.25, 0.3) is 21.8 Å². The molecule has 0 saturated carbocycles. The van der Waals surface area contributed by atoms with E-state index in [0.717, 1.165) is 44.9 Å². The first-order chi connectivity index (χ1) is 11.8. The summed E-state index contributed by atoms with van der Waals surface area (Å²) in [6, 6.07) is 16.3. The van der Waals surface area contributed by atoms with Crippen molar-refractivity contribution < 1.29 is 4.79 Å². The van der Waals surface area contributed by atoms with Gasteiger partial charge in [-0.15, -0.1) is 0 Å². The Balaban J connectivity index is 1.82. The third-order valence-electron chi connectivity index (χ3n) is 4.25. The number of rotatable bonds is 3. The number of aromatic nitrogens is 1. The number of aliphatic imine (C=N–C) groups is 1. The van der Waals surface area contributed by atoms with E-state index >= 15 is 0 Å². The molecule has 3 nitrogen and oxygen atoms in total. The van der Waals surface area contributed by atoms with Crippen LogP contribution in [0.3, 0.4) is 0 Å². The molecule has 0 amide bonds. The van der Waals surface area contributed by atoms with Gasteiger partial charge in [0.05, 0.1) is 22.8 Å². The Hall–Kier alpha value is -1.72. The van der Waals surface area contributed by atoms with Gasteiger partial charge in [0, 0.05) is 16.5 Å². The lowest BCUT2D eigenvalue weighted by molar-refractivity contribution is 0.0919. The molecule has 0 bridgehead atoms. The number of nitrogens with zero attached hydrogens (tertiary/aromatic N) is 2. The maximum atomic E-state index is 13.3. The minimum absolute atomic E-state index is 0.103. The van der Waals surface area contributed by atoms with Gasteiger partial charge >= 0.3 is 0 Å². The molecule has 1 atom stereocenters. The Bertz CT molecular complexity index is 892. The lowest BCUT2D eigenvalue weighted by atomic mass is 10.2. The highest BCUT2D eigenvalue weighted by atomic mass is 32.2. The summed E-state index contributed by atoms with van der Waals surface area (Å²) < 4.78 is 2.95. The molecule has 1 unspecified atom stereocenters. The molecule has 4 rings (SSSR count). The van der Waals surface area contributed by atoms with Gasteiger partial charge in [-0.2, -0.15) is 0 Å². The standard InChI is InChI=1S/C19H18N2OS2/c1-2-17(24-19-20-11-12-23-19)18(22)21-15-9-5-3-7-13(15)14-8-4-6-10-16(14)21/h3-10,17H,2,11-12H2,1H3. The van der Waals surface area contributed by atoms with Crippen LogP contribution in [0, 0.1) is 0 Å². The number of carbonyl (C=O) groups is 1. The van der Waals surface area contributed by atoms with Crippen LogP contribution >= 0.6 is 23.5 Å². The van der Waals surface area contributed by atoms with Crippen LogP contribution in [-0.2, 0) is 0 Å². The molecular weight excluding hydrogens is 336 g/mol. The van der Waals surface area contributed by atoms with E-state index < -0.39 is 0 Å². The van der Waals surface area contributed by atoms with Gasteiger partial charge in [0.25, 0.3) is 0 Å². The lowest BCUT2D eigenvalue weighted by Gasteiger charge is -2.15. The second-order valence-corrected chi connectivity index (χ2v) is 8.25. The fourth-order valence-electron chi connectivity index (χ4n) is 3.12. The van der Waals surface area contributed by atoms with E-state index in [4.69, 9.17) is 0 Å². The third kappa shape index (κ3) is 2.66. The normalized spacial score (nSPS) is 15.8. The number of para-hydroxylation sites is 2. The Morgan fingerprint density at radius 3 is 2.33 bits per heavy atom. The third-order valence-corrected chi connectivity index (χ3v) is 6.80. The Morgan fingerprint density at radius 2 is 1.79 bits per heavy atom. The number of thioether (sulfide) groups is 2. The fraction of sp³-hybridized carbons (Fsp3) is 0.263. The smallest absolute Gasteiger partial charge is 0.245 e. The summed E-state index contributed by atoms with van der Waals surface area (Å²) in [6.07, 6.45) is 0.796. The van der Waals surface area contributed by atoms with Crippen molar-refractivity contribution in [3.63, 3.8) is 0 Å². The van der Waals surface area contributed by atoms with Crippen LogP contribution in [0.2, 0.25) is 0 Å². The lowest BCUT2D eigenvalue weighted by Crippen LogP contribution is -2.24. The monoisotopic (exact) mass is 354 g/mol. The van der Waals surface area contributed by atoms with Crippen LogP contribution in [0.15, 0.2) is 53.5 Å². The molecule has 0 saturated heterocycles. The minimum Gasteiger partial charge on any atom is -0.279 e. The van der Waals surface area contributed by atoms with Crippen molar-refractivity contribution in [3.05, 3.63) is 48.5 Å². The number of carbonyl (C=O) groups excluding carboxylic acids is 1. The van der Waals surface area contributed by atoms with Gasteiger partial charge in [-0.05, 0) is 18.6 Å². The molecule has 0 aliphatic carbocycles. The zero-order valence-corrected chi connectivity index (χ0v) is 15.1. The van der Waals surface area contributed by atoms with Gasteiger partial charge < -0.3 is 0 Å². The summed E-state index contributed by atoms with van der Waals surface area (Å²) in [6.45, 7) is 2.94. The molecule has 1 aromatic heterocycles. The highest BCUT2D eigenvalue weighted by Crippen LogP contribution is 2.33. The highest BCUT2D eigenvalue weighted by Gasteiger charge is 2.25. The first-order valence-electron chi connectivity index (χ1n) is 8.16. The first-order valence-corrected chi connectivity index (χ1v) is 10.0. The SMILES string of the molecule is CCC(SC1=NCCS1)C(=O)n1c2ccccc2c2ccccc21. The summed E-state index contributed by atoms with van der Waals surface area (Å²) in [5, 5.41) is 2.16. The molecule has 0 fully saturated rings.